The van der Waals surface area contributed by atoms with Gasteiger partial charge in [0.05, 0.1) is 11.7 Å². The molecule has 1 N–H and O–H groups in total. The van der Waals surface area contributed by atoms with E-state index in [9.17, 15) is 4.39 Å². The molecule has 4 rings (SSSR count). The van der Waals surface area contributed by atoms with Crippen molar-refractivity contribution in [2.24, 2.45) is 0 Å². The van der Waals surface area contributed by atoms with Gasteiger partial charge in [0, 0.05) is 12.7 Å². The van der Waals surface area contributed by atoms with Gasteiger partial charge < -0.3 is 9.88 Å². The first-order chi connectivity index (χ1) is 11.7. The molecule has 0 aromatic carbocycles. The Labute approximate surface area is 146 Å². The molecule has 0 unspecified atom stereocenters. The van der Waals surface area contributed by atoms with Crippen molar-refractivity contribution < 1.29 is 4.39 Å². The third-order valence-corrected chi connectivity index (χ3v) is 5.40. The maximum absolute atomic E-state index is 12.9. The van der Waals surface area contributed by atoms with E-state index in [4.69, 9.17) is 11.6 Å². The number of aromatic nitrogens is 5. The Bertz CT molecular complexity index is 862. The van der Waals surface area contributed by atoms with Crippen LogP contribution >= 0.6 is 23.4 Å². The average molecular weight is 365 g/mol. The number of fused-ring (bicyclic) bond motifs is 1. The fraction of sp³-hybridized carbons (Fsp3) is 0.333. The number of nitrogens with one attached hydrogen (secondary N) is 1. The van der Waals surface area contributed by atoms with E-state index in [0.29, 0.717) is 23.3 Å². The molecule has 6 nitrogen and oxygen atoms in total. The highest BCUT2D eigenvalue weighted by molar-refractivity contribution is 7.99. The van der Waals surface area contributed by atoms with Crippen LogP contribution in [0.25, 0.3) is 11.2 Å². The van der Waals surface area contributed by atoms with Gasteiger partial charge in [-0.15, -0.1) is 11.8 Å². The lowest BCUT2D eigenvalue weighted by Gasteiger charge is -2.11. The Morgan fingerprint density at radius 1 is 1.33 bits per heavy atom. The lowest BCUT2D eigenvalue weighted by Crippen LogP contribution is -2.05. The molecule has 3 aromatic heterocycles. The molecule has 0 amide bonds. The molecule has 0 aliphatic carbocycles. The van der Waals surface area contributed by atoms with Crippen LogP contribution in [0.2, 0.25) is 5.28 Å². The SMILES string of the molecule is Fc1ccc(CNc2nc(Cl)nc3c2ncn3[C@H]2CCCS2)cn1. The Morgan fingerprint density at radius 3 is 3.00 bits per heavy atom. The fourth-order valence-corrected chi connectivity index (χ4v) is 4.12. The van der Waals surface area contributed by atoms with E-state index in [1.807, 2.05) is 11.8 Å². The van der Waals surface area contributed by atoms with Gasteiger partial charge in [0.1, 0.15) is 0 Å². The predicted octanol–water partition coefficient (Wildman–Crippen LogP) is 3.65. The van der Waals surface area contributed by atoms with Crippen LogP contribution in [0.1, 0.15) is 23.8 Å². The molecule has 3 aromatic rings. The summed E-state index contributed by atoms with van der Waals surface area (Å²) in [5.41, 5.74) is 2.25. The highest BCUT2D eigenvalue weighted by Gasteiger charge is 2.22. The minimum Gasteiger partial charge on any atom is -0.364 e. The number of hydrogen-bond acceptors (Lipinski definition) is 6. The lowest BCUT2D eigenvalue weighted by molar-refractivity contribution is 0.582. The Kier molecular flexibility index (Phi) is 4.24. The number of nitrogens with zero attached hydrogens (tertiary/aromatic N) is 5. The molecule has 1 fully saturated rings. The van der Waals surface area contributed by atoms with E-state index in [2.05, 4.69) is 29.8 Å². The number of imidazole rings is 1. The third kappa shape index (κ3) is 3.03. The second-order valence-electron chi connectivity index (χ2n) is 5.48. The summed E-state index contributed by atoms with van der Waals surface area (Å²) in [7, 11) is 0. The molecule has 1 saturated heterocycles. The van der Waals surface area contributed by atoms with Gasteiger partial charge in [-0.2, -0.15) is 14.4 Å². The molecule has 0 saturated carbocycles. The summed E-state index contributed by atoms with van der Waals surface area (Å²) in [6, 6.07) is 2.99. The van der Waals surface area contributed by atoms with Crippen LogP contribution in [-0.2, 0) is 6.54 Å². The van der Waals surface area contributed by atoms with E-state index >= 15 is 0 Å². The summed E-state index contributed by atoms with van der Waals surface area (Å²) in [5.74, 6) is 1.21. The number of pyridine rings is 1. The van der Waals surface area contributed by atoms with Crippen molar-refractivity contribution in [3.63, 3.8) is 0 Å². The van der Waals surface area contributed by atoms with Gasteiger partial charge in [-0.05, 0) is 41.8 Å². The minimum absolute atomic E-state index is 0.173. The zero-order valence-electron chi connectivity index (χ0n) is 12.6. The Balaban J connectivity index is 1.63. The van der Waals surface area contributed by atoms with Crippen molar-refractivity contribution in [3.05, 3.63) is 41.5 Å². The summed E-state index contributed by atoms with van der Waals surface area (Å²) in [4.78, 5) is 16.7. The third-order valence-electron chi connectivity index (χ3n) is 3.86. The monoisotopic (exact) mass is 364 g/mol. The topological polar surface area (TPSA) is 68.5 Å². The van der Waals surface area contributed by atoms with Crippen molar-refractivity contribution in [1.82, 2.24) is 24.5 Å². The molecule has 0 radical (unpaired) electrons. The summed E-state index contributed by atoms with van der Waals surface area (Å²) in [6.45, 7) is 0.445. The second-order valence-corrected chi connectivity index (χ2v) is 7.10. The van der Waals surface area contributed by atoms with Crippen LogP contribution in [-0.4, -0.2) is 30.3 Å². The molecule has 1 aliphatic heterocycles. The van der Waals surface area contributed by atoms with Gasteiger partial charge >= 0.3 is 0 Å². The molecule has 4 heterocycles. The van der Waals surface area contributed by atoms with Crippen molar-refractivity contribution >= 4 is 40.3 Å². The molecule has 1 aliphatic rings. The van der Waals surface area contributed by atoms with E-state index in [1.165, 1.54) is 18.7 Å². The van der Waals surface area contributed by atoms with Crippen LogP contribution in [0.15, 0.2) is 24.7 Å². The first-order valence-electron chi connectivity index (χ1n) is 7.57. The number of thioether (sulfide) groups is 1. The van der Waals surface area contributed by atoms with Crippen LogP contribution in [0.5, 0.6) is 0 Å². The molecule has 9 heteroatoms. The predicted molar refractivity (Wildman–Crippen MR) is 92.6 cm³/mol. The van der Waals surface area contributed by atoms with Gasteiger partial charge in [-0.3, -0.25) is 0 Å². The van der Waals surface area contributed by atoms with E-state index in [-0.39, 0.29) is 5.28 Å². The van der Waals surface area contributed by atoms with E-state index < -0.39 is 5.95 Å². The van der Waals surface area contributed by atoms with Gasteiger partial charge in [0.25, 0.3) is 0 Å². The molecule has 124 valence electrons. The van der Waals surface area contributed by atoms with Crippen LogP contribution < -0.4 is 5.32 Å². The maximum atomic E-state index is 12.9. The zero-order chi connectivity index (χ0) is 16.5. The Hall–Kier alpha value is -1.93. The second kappa shape index (κ2) is 6.52. The van der Waals surface area contributed by atoms with Crippen LogP contribution in [0.4, 0.5) is 10.2 Å². The van der Waals surface area contributed by atoms with Crippen molar-refractivity contribution in [1.29, 1.82) is 0 Å². The van der Waals surface area contributed by atoms with Crippen LogP contribution in [0.3, 0.4) is 0 Å². The molecular formula is C15H14ClFN6S. The quantitative estimate of drug-likeness (QED) is 0.563. The minimum atomic E-state index is -0.501. The van der Waals surface area contributed by atoms with Crippen molar-refractivity contribution in [2.75, 3.05) is 11.1 Å². The van der Waals surface area contributed by atoms with E-state index in [0.717, 1.165) is 23.4 Å². The zero-order valence-corrected chi connectivity index (χ0v) is 14.2. The van der Waals surface area contributed by atoms with Gasteiger partial charge in [-0.1, -0.05) is 6.07 Å². The Morgan fingerprint density at radius 2 is 2.25 bits per heavy atom. The number of anilines is 1. The van der Waals surface area contributed by atoms with Gasteiger partial charge in [0.15, 0.2) is 17.0 Å². The van der Waals surface area contributed by atoms with Crippen molar-refractivity contribution in [2.45, 2.75) is 24.8 Å². The van der Waals surface area contributed by atoms with Gasteiger partial charge in [-0.25, -0.2) is 9.97 Å². The van der Waals surface area contributed by atoms with Gasteiger partial charge in [0.2, 0.25) is 11.2 Å². The van der Waals surface area contributed by atoms with Crippen molar-refractivity contribution in [3.8, 4) is 0 Å². The highest BCUT2D eigenvalue weighted by atomic mass is 35.5. The summed E-state index contributed by atoms with van der Waals surface area (Å²) < 4.78 is 14.9. The lowest BCUT2D eigenvalue weighted by atomic mass is 10.3. The normalized spacial score (nSPS) is 17.5. The number of halogens is 2. The first kappa shape index (κ1) is 15.6. The molecule has 1 atom stereocenters. The maximum Gasteiger partial charge on any atom is 0.226 e. The number of hydrogen-bond donors (Lipinski definition) is 1. The largest absolute Gasteiger partial charge is 0.364 e. The summed E-state index contributed by atoms with van der Waals surface area (Å²) in [5, 5.41) is 3.70. The highest BCUT2D eigenvalue weighted by Crippen LogP contribution is 2.37. The molecular weight excluding hydrogens is 351 g/mol. The van der Waals surface area contributed by atoms with E-state index in [1.54, 1.807) is 12.4 Å². The molecule has 0 bridgehead atoms. The molecule has 0 spiro atoms. The average Bonchev–Trinajstić information content (AvgIpc) is 3.22. The smallest absolute Gasteiger partial charge is 0.226 e. The summed E-state index contributed by atoms with van der Waals surface area (Å²) in [6.07, 6.45) is 5.57. The first-order valence-corrected chi connectivity index (χ1v) is 8.99. The number of rotatable bonds is 4. The molecule has 24 heavy (non-hydrogen) atoms. The van der Waals surface area contributed by atoms with Crippen LogP contribution in [0, 0.1) is 5.95 Å². The standard InChI is InChI=1S/C15H14ClFN6S/c16-15-21-13(19-7-9-3-4-10(17)18-6-9)12-14(22-15)23(8-20-12)11-2-1-5-24-11/h3-4,6,8,11H,1-2,5,7H2,(H,19,21,22)/t11-/m1/s1. The fourth-order valence-electron chi connectivity index (χ4n) is 2.70. The summed E-state index contributed by atoms with van der Waals surface area (Å²) >= 11 is 7.98.